The number of halogens is 1. The molecule has 1 saturated heterocycles. The first-order valence-corrected chi connectivity index (χ1v) is 6.48. The summed E-state index contributed by atoms with van der Waals surface area (Å²) in [7, 11) is -0.471. The fraction of sp³-hybridized carbons (Fsp3) is 0.500. The quantitative estimate of drug-likeness (QED) is 0.588. The number of hydrogen-bond donors (Lipinski definition) is 0. The Morgan fingerprint density at radius 2 is 1.78 bits per heavy atom. The van der Waals surface area contributed by atoms with Crippen LogP contribution in [0, 0.1) is 11.3 Å². The van der Waals surface area contributed by atoms with Crippen molar-refractivity contribution in [3.05, 3.63) is 22.4 Å². The molecule has 1 aromatic heterocycles. The summed E-state index contributed by atoms with van der Waals surface area (Å²) in [6.45, 7) is 7.98. The predicted octanol–water partition coefficient (Wildman–Crippen LogP) is 2.01. The fourth-order valence-electron chi connectivity index (χ4n) is 1.69. The summed E-state index contributed by atoms with van der Waals surface area (Å²) in [5.74, 6) is 0. The van der Waals surface area contributed by atoms with Gasteiger partial charge in [0.1, 0.15) is 16.4 Å². The van der Waals surface area contributed by atoms with Gasteiger partial charge in [-0.2, -0.15) is 5.26 Å². The summed E-state index contributed by atoms with van der Waals surface area (Å²) in [6, 6.07) is 5.52. The minimum atomic E-state index is -0.471. The average molecular weight is 309 g/mol. The zero-order valence-electron chi connectivity index (χ0n) is 10.8. The van der Waals surface area contributed by atoms with E-state index in [-0.39, 0.29) is 11.2 Å². The van der Waals surface area contributed by atoms with Crippen LogP contribution in [0.15, 0.2) is 16.7 Å². The molecule has 2 heterocycles. The van der Waals surface area contributed by atoms with Gasteiger partial charge in [-0.25, -0.2) is 4.98 Å². The van der Waals surface area contributed by atoms with Crippen molar-refractivity contribution in [3.8, 4) is 6.07 Å². The van der Waals surface area contributed by atoms with Crippen molar-refractivity contribution < 1.29 is 9.31 Å². The first kappa shape index (κ1) is 13.5. The molecule has 94 valence electrons. The van der Waals surface area contributed by atoms with Crippen LogP contribution >= 0.6 is 15.9 Å². The summed E-state index contributed by atoms with van der Waals surface area (Å²) >= 11 is 3.28. The first-order valence-electron chi connectivity index (χ1n) is 5.68. The topological polar surface area (TPSA) is 55.1 Å². The van der Waals surface area contributed by atoms with Crippen molar-refractivity contribution in [1.82, 2.24) is 4.98 Å². The molecule has 0 aliphatic carbocycles. The first-order chi connectivity index (χ1) is 8.25. The van der Waals surface area contributed by atoms with Gasteiger partial charge in [0.2, 0.25) is 0 Å². The lowest BCUT2D eigenvalue weighted by atomic mass is 9.79. The van der Waals surface area contributed by atoms with Crippen molar-refractivity contribution >= 4 is 28.5 Å². The molecule has 0 spiro atoms. The SMILES string of the molecule is CC1(C)OB(c2cc(Br)nc(C#N)c2)OC1(C)C. The van der Waals surface area contributed by atoms with E-state index in [1.54, 1.807) is 6.07 Å². The summed E-state index contributed by atoms with van der Waals surface area (Å²) in [6.07, 6.45) is 0. The highest BCUT2D eigenvalue weighted by Gasteiger charge is 2.51. The van der Waals surface area contributed by atoms with Gasteiger partial charge in [0.05, 0.1) is 11.2 Å². The summed E-state index contributed by atoms with van der Waals surface area (Å²) < 4.78 is 12.5. The number of rotatable bonds is 1. The van der Waals surface area contributed by atoms with E-state index >= 15 is 0 Å². The Hall–Kier alpha value is -0.895. The Morgan fingerprint density at radius 3 is 2.28 bits per heavy atom. The van der Waals surface area contributed by atoms with E-state index in [2.05, 4.69) is 20.9 Å². The molecule has 4 nitrogen and oxygen atoms in total. The molecule has 0 unspecified atom stereocenters. The lowest BCUT2D eigenvalue weighted by Crippen LogP contribution is -2.41. The zero-order chi connectivity index (χ0) is 13.6. The van der Waals surface area contributed by atoms with Crippen LogP contribution in [0.3, 0.4) is 0 Å². The van der Waals surface area contributed by atoms with Crippen molar-refractivity contribution in [3.63, 3.8) is 0 Å². The maximum atomic E-state index is 8.92. The molecule has 0 bridgehead atoms. The molecular weight excluding hydrogens is 295 g/mol. The third-order valence-corrected chi connectivity index (χ3v) is 3.86. The Morgan fingerprint density at radius 1 is 1.22 bits per heavy atom. The molecule has 6 heteroatoms. The Labute approximate surface area is 116 Å². The van der Waals surface area contributed by atoms with E-state index in [1.807, 2.05) is 39.8 Å². The molecule has 0 radical (unpaired) electrons. The second kappa shape index (κ2) is 4.34. The highest BCUT2D eigenvalue weighted by atomic mass is 79.9. The van der Waals surface area contributed by atoms with E-state index < -0.39 is 7.12 Å². The maximum absolute atomic E-state index is 8.92. The zero-order valence-corrected chi connectivity index (χ0v) is 12.4. The highest BCUT2D eigenvalue weighted by molar-refractivity contribution is 9.10. The average Bonchev–Trinajstić information content (AvgIpc) is 2.47. The lowest BCUT2D eigenvalue weighted by molar-refractivity contribution is 0.00578. The van der Waals surface area contributed by atoms with Crippen LogP contribution in [-0.4, -0.2) is 23.3 Å². The van der Waals surface area contributed by atoms with E-state index in [9.17, 15) is 0 Å². The van der Waals surface area contributed by atoms with Gasteiger partial charge in [0.25, 0.3) is 0 Å². The van der Waals surface area contributed by atoms with Gasteiger partial charge in [-0.15, -0.1) is 0 Å². The highest BCUT2D eigenvalue weighted by Crippen LogP contribution is 2.36. The standard InChI is InChI=1S/C12H14BBrN2O2/c1-11(2)12(3,4)18-13(17-11)8-5-9(7-15)16-10(14)6-8/h5-6H,1-4H3. The molecular formula is C12H14BBrN2O2. The summed E-state index contributed by atoms with van der Waals surface area (Å²) in [5.41, 5.74) is 0.363. The van der Waals surface area contributed by atoms with Crippen LogP contribution in [-0.2, 0) is 9.31 Å². The van der Waals surface area contributed by atoms with E-state index in [4.69, 9.17) is 14.6 Å². The van der Waals surface area contributed by atoms with Crippen molar-refractivity contribution in [2.45, 2.75) is 38.9 Å². The molecule has 1 fully saturated rings. The van der Waals surface area contributed by atoms with Crippen LogP contribution < -0.4 is 5.46 Å². The normalized spacial score (nSPS) is 20.8. The fourth-order valence-corrected chi connectivity index (χ4v) is 2.14. The Bertz CT molecular complexity index is 509. The van der Waals surface area contributed by atoms with Crippen LogP contribution in [0.5, 0.6) is 0 Å². The van der Waals surface area contributed by atoms with Gasteiger partial charge >= 0.3 is 7.12 Å². The number of aromatic nitrogens is 1. The summed E-state index contributed by atoms with van der Waals surface area (Å²) in [5, 5.41) is 8.92. The molecule has 2 rings (SSSR count). The predicted molar refractivity (Wildman–Crippen MR) is 72.4 cm³/mol. The Kier molecular flexibility index (Phi) is 3.26. The number of nitriles is 1. The molecule has 18 heavy (non-hydrogen) atoms. The van der Waals surface area contributed by atoms with Gasteiger partial charge < -0.3 is 9.31 Å². The van der Waals surface area contributed by atoms with Gasteiger partial charge in [-0.05, 0) is 61.2 Å². The molecule has 0 atom stereocenters. The smallest absolute Gasteiger partial charge is 0.399 e. The van der Waals surface area contributed by atoms with Crippen LogP contribution in [0.2, 0.25) is 0 Å². The second-order valence-corrected chi connectivity index (χ2v) is 6.12. The molecule has 0 amide bonds. The lowest BCUT2D eigenvalue weighted by Gasteiger charge is -2.32. The number of hydrogen-bond acceptors (Lipinski definition) is 4. The van der Waals surface area contributed by atoms with Crippen LogP contribution in [0.25, 0.3) is 0 Å². The van der Waals surface area contributed by atoms with Crippen molar-refractivity contribution in [1.29, 1.82) is 5.26 Å². The van der Waals surface area contributed by atoms with Crippen LogP contribution in [0.1, 0.15) is 33.4 Å². The third-order valence-electron chi connectivity index (χ3n) is 3.46. The molecule has 1 aromatic rings. The number of nitrogens with zero attached hydrogens (tertiary/aromatic N) is 2. The third kappa shape index (κ3) is 2.31. The molecule has 0 N–H and O–H groups in total. The monoisotopic (exact) mass is 308 g/mol. The van der Waals surface area contributed by atoms with Gasteiger partial charge in [-0.3, -0.25) is 0 Å². The molecule has 1 aliphatic heterocycles. The van der Waals surface area contributed by atoms with Crippen LogP contribution in [0.4, 0.5) is 0 Å². The summed E-state index contributed by atoms with van der Waals surface area (Å²) in [4.78, 5) is 4.04. The molecule has 0 aromatic carbocycles. The minimum absolute atomic E-state index is 0.342. The number of pyridine rings is 1. The van der Waals surface area contributed by atoms with Gasteiger partial charge in [-0.1, -0.05) is 0 Å². The van der Waals surface area contributed by atoms with E-state index in [0.29, 0.717) is 10.3 Å². The van der Waals surface area contributed by atoms with E-state index in [0.717, 1.165) is 5.46 Å². The molecule has 1 aliphatic rings. The second-order valence-electron chi connectivity index (χ2n) is 5.31. The van der Waals surface area contributed by atoms with Crippen molar-refractivity contribution in [2.75, 3.05) is 0 Å². The largest absolute Gasteiger partial charge is 0.495 e. The molecule has 0 saturated carbocycles. The van der Waals surface area contributed by atoms with Gasteiger partial charge in [0, 0.05) is 0 Å². The minimum Gasteiger partial charge on any atom is -0.399 e. The van der Waals surface area contributed by atoms with E-state index in [1.165, 1.54) is 0 Å². The maximum Gasteiger partial charge on any atom is 0.495 e. The van der Waals surface area contributed by atoms with Gasteiger partial charge in [0.15, 0.2) is 0 Å². The van der Waals surface area contributed by atoms with Crippen molar-refractivity contribution in [2.24, 2.45) is 0 Å². The Balaban J connectivity index is 2.36.